The van der Waals surface area contributed by atoms with Crippen molar-refractivity contribution in [3.8, 4) is 5.75 Å². The van der Waals surface area contributed by atoms with Crippen LogP contribution in [0.25, 0.3) is 0 Å². The SMILES string of the molecule is COc1cccc2c1N(C(=O)CCC1Cc3ccccc3NC1=O)CCC2C. The van der Waals surface area contributed by atoms with Gasteiger partial charge in [-0.2, -0.15) is 0 Å². The molecule has 0 saturated heterocycles. The van der Waals surface area contributed by atoms with Crippen LogP contribution in [0.4, 0.5) is 11.4 Å². The van der Waals surface area contributed by atoms with Crippen molar-refractivity contribution in [1.29, 1.82) is 0 Å². The lowest BCUT2D eigenvalue weighted by atomic mass is 9.88. The normalized spacial score (nSPS) is 20.8. The molecule has 1 N–H and O–H groups in total. The fourth-order valence-electron chi connectivity index (χ4n) is 4.31. The number of rotatable bonds is 4. The van der Waals surface area contributed by atoms with Crippen molar-refractivity contribution in [2.45, 2.75) is 38.5 Å². The van der Waals surface area contributed by atoms with E-state index in [4.69, 9.17) is 4.74 Å². The number of methoxy groups -OCH3 is 1. The van der Waals surface area contributed by atoms with Gasteiger partial charge < -0.3 is 15.0 Å². The van der Waals surface area contributed by atoms with Crippen LogP contribution in [-0.4, -0.2) is 25.5 Å². The number of hydrogen-bond acceptors (Lipinski definition) is 3. The molecule has 2 amide bonds. The Morgan fingerprint density at radius 3 is 2.86 bits per heavy atom. The van der Waals surface area contributed by atoms with Gasteiger partial charge in [0.1, 0.15) is 5.75 Å². The molecule has 0 fully saturated rings. The first kappa shape index (κ1) is 18.5. The summed E-state index contributed by atoms with van der Waals surface area (Å²) in [5.41, 5.74) is 4.08. The van der Waals surface area contributed by atoms with E-state index >= 15 is 0 Å². The summed E-state index contributed by atoms with van der Waals surface area (Å²) < 4.78 is 5.53. The molecule has 2 heterocycles. The Bertz CT molecular complexity index is 908. The first-order valence-electron chi connectivity index (χ1n) is 9.94. The molecule has 146 valence electrons. The van der Waals surface area contributed by atoms with Gasteiger partial charge in [0, 0.05) is 24.6 Å². The Labute approximate surface area is 165 Å². The fraction of sp³-hybridized carbons (Fsp3) is 0.391. The molecule has 0 radical (unpaired) electrons. The smallest absolute Gasteiger partial charge is 0.227 e. The zero-order valence-corrected chi connectivity index (χ0v) is 16.4. The van der Waals surface area contributed by atoms with E-state index in [0.717, 1.165) is 34.7 Å². The van der Waals surface area contributed by atoms with Gasteiger partial charge in [-0.25, -0.2) is 0 Å². The van der Waals surface area contributed by atoms with E-state index < -0.39 is 0 Å². The molecule has 0 saturated carbocycles. The molecule has 0 spiro atoms. The van der Waals surface area contributed by atoms with Crippen LogP contribution < -0.4 is 15.0 Å². The van der Waals surface area contributed by atoms with Crippen LogP contribution in [0.3, 0.4) is 0 Å². The summed E-state index contributed by atoms with van der Waals surface area (Å²) in [7, 11) is 1.64. The van der Waals surface area contributed by atoms with Crippen LogP contribution in [0, 0.1) is 5.92 Å². The summed E-state index contributed by atoms with van der Waals surface area (Å²) >= 11 is 0. The van der Waals surface area contributed by atoms with Gasteiger partial charge in [-0.3, -0.25) is 9.59 Å². The number of carbonyl (C=O) groups is 2. The monoisotopic (exact) mass is 378 g/mol. The molecule has 5 heteroatoms. The van der Waals surface area contributed by atoms with Gasteiger partial charge in [-0.15, -0.1) is 0 Å². The van der Waals surface area contributed by atoms with Gasteiger partial charge in [0.05, 0.1) is 12.8 Å². The number of benzene rings is 2. The third kappa shape index (κ3) is 3.37. The van der Waals surface area contributed by atoms with Crippen molar-refractivity contribution in [2.75, 3.05) is 23.9 Å². The minimum absolute atomic E-state index is 0.0109. The van der Waals surface area contributed by atoms with Gasteiger partial charge in [-0.1, -0.05) is 37.3 Å². The highest BCUT2D eigenvalue weighted by molar-refractivity contribution is 5.98. The molecule has 2 atom stereocenters. The van der Waals surface area contributed by atoms with Crippen LogP contribution in [0.2, 0.25) is 0 Å². The van der Waals surface area contributed by atoms with Crippen LogP contribution >= 0.6 is 0 Å². The topological polar surface area (TPSA) is 58.6 Å². The molecule has 4 rings (SSSR count). The lowest BCUT2D eigenvalue weighted by molar-refractivity contribution is -0.121. The van der Waals surface area contributed by atoms with E-state index in [-0.39, 0.29) is 17.7 Å². The Morgan fingerprint density at radius 1 is 1.21 bits per heavy atom. The number of para-hydroxylation sites is 2. The summed E-state index contributed by atoms with van der Waals surface area (Å²) in [6, 6.07) is 13.8. The van der Waals surface area contributed by atoms with Crippen molar-refractivity contribution in [2.24, 2.45) is 5.92 Å². The average Bonchev–Trinajstić information content (AvgIpc) is 2.72. The number of carbonyl (C=O) groups excluding carboxylic acids is 2. The minimum Gasteiger partial charge on any atom is -0.495 e. The zero-order chi connectivity index (χ0) is 19.7. The van der Waals surface area contributed by atoms with Crippen LogP contribution in [0.5, 0.6) is 5.75 Å². The minimum atomic E-state index is -0.167. The van der Waals surface area contributed by atoms with Gasteiger partial charge >= 0.3 is 0 Å². The maximum absolute atomic E-state index is 13.1. The molecule has 28 heavy (non-hydrogen) atoms. The van der Waals surface area contributed by atoms with Gasteiger partial charge in [0.25, 0.3) is 0 Å². The Kier molecular flexibility index (Phi) is 5.07. The third-order valence-electron chi connectivity index (χ3n) is 5.96. The molecule has 0 aromatic heterocycles. The van der Waals surface area contributed by atoms with Crippen molar-refractivity contribution in [1.82, 2.24) is 0 Å². The van der Waals surface area contributed by atoms with Crippen molar-refractivity contribution in [3.05, 3.63) is 53.6 Å². The largest absolute Gasteiger partial charge is 0.495 e. The Morgan fingerprint density at radius 2 is 2.04 bits per heavy atom. The second kappa shape index (κ2) is 7.66. The molecular weight excluding hydrogens is 352 g/mol. The Hall–Kier alpha value is -2.82. The number of nitrogens with one attached hydrogen (secondary N) is 1. The summed E-state index contributed by atoms with van der Waals surface area (Å²) in [4.78, 5) is 27.4. The van der Waals surface area contributed by atoms with Crippen LogP contribution in [0.1, 0.15) is 43.2 Å². The number of amides is 2. The van der Waals surface area contributed by atoms with Crippen LogP contribution in [0.15, 0.2) is 42.5 Å². The van der Waals surface area contributed by atoms with Crippen molar-refractivity contribution < 1.29 is 14.3 Å². The molecule has 2 unspecified atom stereocenters. The highest BCUT2D eigenvalue weighted by Gasteiger charge is 2.31. The maximum atomic E-state index is 13.1. The van der Waals surface area contributed by atoms with E-state index in [1.54, 1.807) is 7.11 Å². The number of ether oxygens (including phenoxy) is 1. The second-order valence-electron chi connectivity index (χ2n) is 7.72. The average molecular weight is 378 g/mol. The number of anilines is 2. The molecular formula is C23H26N2O3. The lowest BCUT2D eigenvalue weighted by Gasteiger charge is -2.34. The second-order valence-corrected chi connectivity index (χ2v) is 7.72. The third-order valence-corrected chi connectivity index (χ3v) is 5.96. The molecule has 2 aromatic rings. The fourth-order valence-corrected chi connectivity index (χ4v) is 4.31. The van der Waals surface area contributed by atoms with E-state index in [1.165, 1.54) is 0 Å². The molecule has 2 aliphatic heterocycles. The molecule has 0 aliphatic carbocycles. The van der Waals surface area contributed by atoms with E-state index in [9.17, 15) is 9.59 Å². The molecule has 5 nitrogen and oxygen atoms in total. The van der Waals surface area contributed by atoms with Gasteiger partial charge in [0.2, 0.25) is 11.8 Å². The predicted molar refractivity (Wildman–Crippen MR) is 110 cm³/mol. The molecule has 2 aromatic carbocycles. The van der Waals surface area contributed by atoms with Gasteiger partial charge in [0.15, 0.2) is 0 Å². The summed E-state index contributed by atoms with van der Waals surface area (Å²) in [5.74, 6) is 1.04. The summed E-state index contributed by atoms with van der Waals surface area (Å²) in [6.07, 6.45) is 2.52. The lowest BCUT2D eigenvalue weighted by Crippen LogP contribution is -2.37. The summed E-state index contributed by atoms with van der Waals surface area (Å²) in [6.45, 7) is 2.87. The van der Waals surface area contributed by atoms with Gasteiger partial charge in [-0.05, 0) is 48.4 Å². The van der Waals surface area contributed by atoms with E-state index in [0.29, 0.717) is 31.7 Å². The standard InChI is InChI=1S/C23H26N2O3/c1-15-12-13-25(22-18(15)7-5-9-20(22)28-2)21(26)11-10-17-14-16-6-3-4-8-19(16)24-23(17)27/h3-9,15,17H,10-14H2,1-2H3,(H,24,27). The zero-order valence-electron chi connectivity index (χ0n) is 16.4. The highest BCUT2D eigenvalue weighted by Crippen LogP contribution is 2.41. The number of nitrogens with zero attached hydrogens (tertiary/aromatic N) is 1. The maximum Gasteiger partial charge on any atom is 0.227 e. The highest BCUT2D eigenvalue weighted by atomic mass is 16.5. The molecule has 2 aliphatic rings. The number of hydrogen-bond donors (Lipinski definition) is 1. The van der Waals surface area contributed by atoms with Crippen LogP contribution in [-0.2, 0) is 16.0 Å². The predicted octanol–water partition coefficient (Wildman–Crippen LogP) is 4.13. The van der Waals surface area contributed by atoms with Crippen molar-refractivity contribution >= 4 is 23.2 Å². The number of fused-ring (bicyclic) bond motifs is 2. The first-order chi connectivity index (χ1) is 13.6. The first-order valence-corrected chi connectivity index (χ1v) is 9.94. The van der Waals surface area contributed by atoms with E-state index in [2.05, 4.69) is 18.3 Å². The summed E-state index contributed by atoms with van der Waals surface area (Å²) in [5, 5.41) is 2.97. The molecule has 0 bridgehead atoms. The quantitative estimate of drug-likeness (QED) is 0.870. The van der Waals surface area contributed by atoms with E-state index in [1.807, 2.05) is 41.3 Å². The van der Waals surface area contributed by atoms with Crippen molar-refractivity contribution in [3.63, 3.8) is 0 Å². The Balaban J connectivity index is 1.48.